The van der Waals surface area contributed by atoms with Gasteiger partial charge >= 0.3 is 18.2 Å². The minimum atomic E-state index is -4.57. The number of nitrogens with zero attached hydrogens (tertiary/aromatic N) is 3. The van der Waals surface area contributed by atoms with E-state index in [2.05, 4.69) is 31.1 Å². The lowest BCUT2D eigenvalue weighted by Crippen LogP contribution is -2.32. The molecule has 3 aromatic heterocycles. The summed E-state index contributed by atoms with van der Waals surface area (Å²) in [6.45, 7) is 6.32. The molecule has 14 nitrogen and oxygen atoms in total. The number of benzene rings is 2. The van der Waals surface area contributed by atoms with Crippen molar-refractivity contribution in [3.63, 3.8) is 0 Å². The molecule has 0 radical (unpaired) electrons. The van der Waals surface area contributed by atoms with E-state index in [1.54, 1.807) is 50.7 Å². The maximum atomic E-state index is 13.2. The summed E-state index contributed by atoms with van der Waals surface area (Å²) < 4.78 is 55.7. The van der Waals surface area contributed by atoms with Crippen LogP contribution in [0.3, 0.4) is 0 Å². The number of aromatic amines is 1. The van der Waals surface area contributed by atoms with Gasteiger partial charge in [0, 0.05) is 53.8 Å². The molecule has 1 aliphatic carbocycles. The molecule has 5 aromatic rings. The van der Waals surface area contributed by atoms with E-state index in [9.17, 15) is 27.6 Å². The molecule has 2 aromatic carbocycles. The molecule has 1 saturated carbocycles. The molecule has 1 fully saturated rings. The van der Waals surface area contributed by atoms with Crippen LogP contribution in [-0.4, -0.2) is 69.6 Å². The van der Waals surface area contributed by atoms with E-state index >= 15 is 0 Å². The van der Waals surface area contributed by atoms with Crippen LogP contribution < -0.4 is 25.4 Å². The Balaban J connectivity index is 0.000000799. The van der Waals surface area contributed by atoms with E-state index in [0.717, 1.165) is 74.4 Å². The fourth-order valence-electron chi connectivity index (χ4n) is 6.79. The number of allylic oxidation sites excluding steroid dienone is 1. The first-order valence-electron chi connectivity index (χ1n) is 20.7. The van der Waals surface area contributed by atoms with Crippen LogP contribution in [0, 0.1) is 5.92 Å². The van der Waals surface area contributed by atoms with Crippen molar-refractivity contribution in [3.05, 3.63) is 95.3 Å². The van der Waals surface area contributed by atoms with Crippen molar-refractivity contribution >= 4 is 46.6 Å². The van der Waals surface area contributed by atoms with Gasteiger partial charge in [0.2, 0.25) is 0 Å². The first kappa shape index (κ1) is 50.0. The van der Waals surface area contributed by atoms with E-state index in [1.807, 2.05) is 45.1 Å². The van der Waals surface area contributed by atoms with E-state index < -0.39 is 35.3 Å². The minimum absolute atomic E-state index is 0. The Morgan fingerprint density at radius 2 is 1.67 bits per heavy atom. The number of alkyl halides is 3. The van der Waals surface area contributed by atoms with Crippen molar-refractivity contribution in [3.8, 4) is 22.8 Å². The number of H-pyrrole nitrogens is 1. The van der Waals surface area contributed by atoms with Crippen LogP contribution in [0.25, 0.3) is 28.2 Å². The number of ether oxygens (including phenoxy) is 3. The monoisotopic (exact) mass is 889 g/mol. The molecule has 0 unspecified atom stereocenters. The molecule has 64 heavy (non-hydrogen) atoms. The van der Waals surface area contributed by atoms with Gasteiger partial charge in [0.1, 0.15) is 34.3 Å². The second-order valence-electron chi connectivity index (χ2n) is 15.9. The topological polar surface area (TPSA) is 190 Å². The summed E-state index contributed by atoms with van der Waals surface area (Å²) in [6, 6.07) is 13.7. The first-order chi connectivity index (χ1) is 30.1. The molecule has 3 heterocycles. The van der Waals surface area contributed by atoms with Gasteiger partial charge in [0.25, 0.3) is 5.91 Å². The molecule has 17 heteroatoms. The van der Waals surface area contributed by atoms with Crippen molar-refractivity contribution in [2.75, 3.05) is 31.4 Å². The molecular weight excluding hydrogens is 832 g/mol. The zero-order chi connectivity index (χ0) is 45.6. The normalized spacial score (nSPS) is 13.0. The summed E-state index contributed by atoms with van der Waals surface area (Å²) in [5, 5.41) is 25.6. The summed E-state index contributed by atoms with van der Waals surface area (Å²) in [7, 11) is 3.17. The number of carboxylic acids is 1. The van der Waals surface area contributed by atoms with Gasteiger partial charge in [0.15, 0.2) is 0 Å². The molecular formula is C47H58F3N7O7. The number of carbonyl (C=O) groups excluding carboxylic acids is 2. The summed E-state index contributed by atoms with van der Waals surface area (Å²) in [4.78, 5) is 43.8. The number of carboxylic acid groups (broad SMARTS) is 1. The average Bonchev–Trinajstić information content (AvgIpc) is 3.71. The van der Waals surface area contributed by atoms with Crippen molar-refractivity contribution < 1.29 is 46.9 Å². The van der Waals surface area contributed by atoms with Crippen LogP contribution >= 0.6 is 0 Å². The second-order valence-corrected chi connectivity index (χ2v) is 15.9. The number of anilines is 2. The third kappa shape index (κ3) is 14.5. The lowest BCUT2D eigenvalue weighted by molar-refractivity contribution is -0.142. The molecule has 5 N–H and O–H groups in total. The molecule has 0 saturated heterocycles. The van der Waals surface area contributed by atoms with Crippen molar-refractivity contribution in [2.24, 2.45) is 5.92 Å². The van der Waals surface area contributed by atoms with Gasteiger partial charge in [-0.25, -0.2) is 14.8 Å². The highest BCUT2D eigenvalue weighted by Crippen LogP contribution is 2.35. The number of nitrogens with one attached hydrogen (secondary N) is 4. The first-order valence-corrected chi connectivity index (χ1v) is 20.7. The minimum Gasteiger partial charge on any atom is -0.497 e. The number of unbranched alkanes of at least 4 members (excludes halogenated alkanes) is 2. The third-order valence-electron chi connectivity index (χ3n) is 10.0. The predicted octanol–water partition coefficient (Wildman–Crippen LogP) is 10.9. The number of pyridine rings is 2. The number of hydrogen-bond donors (Lipinski definition) is 5. The van der Waals surface area contributed by atoms with Crippen LogP contribution in [0.1, 0.15) is 107 Å². The van der Waals surface area contributed by atoms with Gasteiger partial charge in [-0.3, -0.25) is 14.7 Å². The molecule has 0 spiro atoms. The zero-order valence-electron chi connectivity index (χ0n) is 36.0. The zero-order valence-corrected chi connectivity index (χ0v) is 36.0. The van der Waals surface area contributed by atoms with Crippen molar-refractivity contribution in [1.29, 1.82) is 0 Å². The maximum absolute atomic E-state index is 13.2. The van der Waals surface area contributed by atoms with Gasteiger partial charge in [-0.2, -0.15) is 18.3 Å². The van der Waals surface area contributed by atoms with Gasteiger partial charge in [-0.05, 0) is 89.3 Å². The number of hydrogen-bond acceptors (Lipinski definition) is 10. The number of rotatable bonds is 15. The Labute approximate surface area is 371 Å². The van der Waals surface area contributed by atoms with E-state index in [1.165, 1.54) is 6.42 Å². The average molecular weight is 890 g/mol. The molecule has 0 bridgehead atoms. The smallest absolute Gasteiger partial charge is 0.416 e. The summed E-state index contributed by atoms with van der Waals surface area (Å²) in [6.07, 6.45) is 9.29. The summed E-state index contributed by atoms with van der Waals surface area (Å²) in [5.74, 6) is 0.385. The number of halogens is 3. The lowest BCUT2D eigenvalue weighted by Gasteiger charge is -2.19. The Hall–Kier alpha value is -6.65. The number of fused-ring (bicyclic) bond motifs is 1. The van der Waals surface area contributed by atoms with Gasteiger partial charge in [-0.15, -0.1) is 0 Å². The molecule has 0 aliphatic heterocycles. The summed E-state index contributed by atoms with van der Waals surface area (Å²) >= 11 is 0. The second kappa shape index (κ2) is 23.2. The number of carbonyl (C=O) groups is 3. The van der Waals surface area contributed by atoms with Crippen LogP contribution in [0.2, 0.25) is 0 Å². The Morgan fingerprint density at radius 1 is 0.938 bits per heavy atom. The van der Waals surface area contributed by atoms with Crippen LogP contribution in [0.4, 0.5) is 29.6 Å². The quantitative estimate of drug-likeness (QED) is 0.0629. The standard InChI is InChI=1S/C39H42F3N7O5.C7H12O2.CH4/c1-38(2,3)54-37(51)44-18-9-7-6-8-10-27-23-46-35(45-22-26-15-16-29(52-4)21-30(26)53-5)32-33(48-49-34(27)32)24-11-13-25(14-12-24)36(50)47-31-20-28(17-19-43-31)39(40,41)42;8-7(9)6-4-2-1-3-5-6;/h8,10-17,19-21,23H,6-7,9,18,22H2,1-5H3,(H,44,51)(H,45,46)(H,48,49)(H,43,47,50);6H,1-5H2,(H,8,9);1H4/b10-8+;;. The Kier molecular flexibility index (Phi) is 18.1. The van der Waals surface area contributed by atoms with Crippen molar-refractivity contribution in [1.82, 2.24) is 25.5 Å². The highest BCUT2D eigenvalue weighted by molar-refractivity contribution is 6.06. The number of aromatic nitrogens is 4. The molecule has 344 valence electrons. The fourth-order valence-corrected chi connectivity index (χ4v) is 6.79. The van der Waals surface area contributed by atoms with Gasteiger partial charge < -0.3 is 35.3 Å². The molecule has 1 aliphatic rings. The maximum Gasteiger partial charge on any atom is 0.416 e. The van der Waals surface area contributed by atoms with E-state index in [-0.39, 0.29) is 24.7 Å². The Morgan fingerprint density at radius 3 is 2.31 bits per heavy atom. The Bertz CT molecular complexity index is 2350. The highest BCUT2D eigenvalue weighted by Gasteiger charge is 2.31. The molecule has 0 atom stereocenters. The van der Waals surface area contributed by atoms with Crippen LogP contribution in [-0.2, 0) is 22.3 Å². The fraction of sp³-hybridized carbons (Fsp3) is 0.404. The van der Waals surface area contributed by atoms with Crippen LogP contribution in [0.5, 0.6) is 11.5 Å². The number of alkyl carbamates (subject to hydrolysis) is 1. The number of aliphatic carboxylic acids is 1. The van der Waals surface area contributed by atoms with Gasteiger partial charge in [-0.1, -0.05) is 51.0 Å². The van der Waals surface area contributed by atoms with E-state index in [4.69, 9.17) is 24.3 Å². The van der Waals surface area contributed by atoms with Crippen molar-refractivity contribution in [2.45, 2.75) is 97.9 Å². The van der Waals surface area contributed by atoms with Gasteiger partial charge in [0.05, 0.1) is 36.8 Å². The van der Waals surface area contributed by atoms with Crippen LogP contribution in [0.15, 0.2) is 73.1 Å². The molecule has 6 rings (SSSR count). The lowest BCUT2D eigenvalue weighted by atomic mass is 9.90. The third-order valence-corrected chi connectivity index (χ3v) is 10.0. The van der Waals surface area contributed by atoms with E-state index in [0.29, 0.717) is 52.6 Å². The number of methoxy groups -OCH3 is 2. The largest absolute Gasteiger partial charge is 0.497 e. The number of amides is 2. The SMILES string of the molecule is C.COc1ccc(CNc2ncc(/C=C/CCCCNC(=O)OC(C)(C)C)c3n[nH]c(-c4ccc(C(=O)Nc5cc(C(F)(F)F)ccn5)cc4)c23)c(OC)c1.O=C(O)C1CCCCC1. The predicted molar refractivity (Wildman–Crippen MR) is 241 cm³/mol. The molecule has 2 amide bonds. The highest BCUT2D eigenvalue weighted by atomic mass is 19.4. The summed E-state index contributed by atoms with van der Waals surface area (Å²) in [5.41, 5.74) is 2.38.